The molecule has 2 aromatic rings. The molecule has 0 spiro atoms. The summed E-state index contributed by atoms with van der Waals surface area (Å²) >= 11 is 0. The summed E-state index contributed by atoms with van der Waals surface area (Å²) in [6, 6.07) is 0.134. The standard InChI is InChI=1S/C19H22F3N7O4/c1-11(13-7-15(19(20,21)22)16(31)23-8-13)33-27-18(32)29-5-3-28(4-6-29)17-24-9-14(10-25-17)26-12(2)30/h7-11H,3-6H2,1-2H3,(H,23,31)(H,26,30)(H,27,32). The van der Waals surface area contributed by atoms with Crippen LogP contribution in [0.2, 0.25) is 0 Å². The van der Waals surface area contributed by atoms with E-state index < -0.39 is 29.4 Å². The highest BCUT2D eigenvalue weighted by molar-refractivity contribution is 5.88. The van der Waals surface area contributed by atoms with E-state index in [1.165, 1.54) is 31.1 Å². The Balaban J connectivity index is 1.50. The Labute approximate surface area is 185 Å². The smallest absolute Gasteiger partial charge is 0.337 e. The lowest BCUT2D eigenvalue weighted by atomic mass is 10.1. The summed E-state index contributed by atoms with van der Waals surface area (Å²) in [6.45, 7) is 4.36. The molecule has 11 nitrogen and oxygen atoms in total. The number of hydroxylamine groups is 1. The first kappa shape index (κ1) is 24.0. The minimum atomic E-state index is -4.81. The van der Waals surface area contributed by atoms with Gasteiger partial charge in [0.05, 0.1) is 18.1 Å². The molecule has 0 bridgehead atoms. The second kappa shape index (κ2) is 9.85. The first-order valence-corrected chi connectivity index (χ1v) is 9.89. The summed E-state index contributed by atoms with van der Waals surface area (Å²) in [6.07, 6.45) is -1.67. The molecular weight excluding hydrogens is 447 g/mol. The third-order valence-electron chi connectivity index (χ3n) is 4.83. The number of alkyl halides is 3. The van der Waals surface area contributed by atoms with Crippen molar-refractivity contribution in [2.45, 2.75) is 26.1 Å². The first-order valence-electron chi connectivity index (χ1n) is 9.89. The summed E-state index contributed by atoms with van der Waals surface area (Å²) in [4.78, 5) is 53.8. The fraction of sp³-hybridized carbons (Fsp3) is 0.421. The monoisotopic (exact) mass is 469 g/mol. The predicted molar refractivity (Wildman–Crippen MR) is 110 cm³/mol. The Morgan fingerprint density at radius 2 is 1.82 bits per heavy atom. The topological polar surface area (TPSA) is 133 Å². The van der Waals surface area contributed by atoms with Gasteiger partial charge in [-0.05, 0) is 13.0 Å². The molecule has 1 aliphatic rings. The highest BCUT2D eigenvalue weighted by Gasteiger charge is 2.34. The van der Waals surface area contributed by atoms with E-state index in [1.54, 1.807) is 0 Å². The molecule has 14 heteroatoms. The lowest BCUT2D eigenvalue weighted by Gasteiger charge is -2.34. The number of halogens is 3. The quantitative estimate of drug-likeness (QED) is 0.568. The molecule has 3 N–H and O–H groups in total. The van der Waals surface area contributed by atoms with Gasteiger partial charge in [0.25, 0.3) is 5.56 Å². The van der Waals surface area contributed by atoms with Crippen molar-refractivity contribution in [2.24, 2.45) is 0 Å². The fourth-order valence-corrected chi connectivity index (χ4v) is 3.08. The number of anilines is 2. The summed E-state index contributed by atoms with van der Waals surface area (Å²) in [7, 11) is 0. The number of hydrogen-bond donors (Lipinski definition) is 3. The second-order valence-corrected chi connectivity index (χ2v) is 7.27. The average Bonchev–Trinajstić information content (AvgIpc) is 2.77. The van der Waals surface area contributed by atoms with E-state index in [4.69, 9.17) is 4.84 Å². The van der Waals surface area contributed by atoms with Crippen LogP contribution in [-0.2, 0) is 15.8 Å². The summed E-state index contributed by atoms with van der Waals surface area (Å²) in [5.41, 5.74) is 0.150. The van der Waals surface area contributed by atoms with Gasteiger partial charge in [0.1, 0.15) is 11.7 Å². The maximum atomic E-state index is 12.9. The molecule has 3 amide bonds. The number of piperazine rings is 1. The molecule has 0 radical (unpaired) electrons. The minimum absolute atomic E-state index is 0.0481. The van der Waals surface area contributed by atoms with Gasteiger partial charge >= 0.3 is 12.2 Å². The van der Waals surface area contributed by atoms with Gasteiger partial charge < -0.3 is 20.1 Å². The molecule has 1 saturated heterocycles. The van der Waals surface area contributed by atoms with Crippen molar-refractivity contribution in [3.63, 3.8) is 0 Å². The van der Waals surface area contributed by atoms with E-state index in [9.17, 15) is 27.6 Å². The van der Waals surface area contributed by atoms with Gasteiger partial charge in [0.15, 0.2) is 0 Å². The molecule has 1 aliphatic heterocycles. The van der Waals surface area contributed by atoms with Crippen molar-refractivity contribution in [2.75, 3.05) is 36.4 Å². The van der Waals surface area contributed by atoms with Crippen LogP contribution in [0.3, 0.4) is 0 Å². The van der Waals surface area contributed by atoms with Crippen LogP contribution in [0.25, 0.3) is 0 Å². The molecule has 178 valence electrons. The van der Waals surface area contributed by atoms with Crippen molar-refractivity contribution in [3.05, 3.63) is 46.1 Å². The van der Waals surface area contributed by atoms with E-state index in [2.05, 4.69) is 20.8 Å². The van der Waals surface area contributed by atoms with Crippen molar-refractivity contribution >= 4 is 23.6 Å². The normalized spacial score (nSPS) is 15.2. The molecular formula is C19H22F3N7O4. The number of urea groups is 1. The maximum absolute atomic E-state index is 12.9. The molecule has 0 aromatic carbocycles. The number of nitrogens with zero attached hydrogens (tertiary/aromatic N) is 4. The third-order valence-corrected chi connectivity index (χ3v) is 4.83. The number of rotatable bonds is 5. The van der Waals surface area contributed by atoms with E-state index in [-0.39, 0.29) is 11.5 Å². The zero-order valence-electron chi connectivity index (χ0n) is 17.8. The van der Waals surface area contributed by atoms with Gasteiger partial charge in [-0.3, -0.25) is 14.4 Å². The molecule has 1 unspecified atom stereocenters. The highest BCUT2D eigenvalue weighted by Crippen LogP contribution is 2.28. The van der Waals surface area contributed by atoms with Crippen LogP contribution in [-0.4, -0.2) is 58.0 Å². The van der Waals surface area contributed by atoms with Crippen LogP contribution in [0.1, 0.15) is 31.1 Å². The molecule has 0 saturated carbocycles. The Kier molecular flexibility index (Phi) is 7.16. The van der Waals surface area contributed by atoms with Gasteiger partial charge in [-0.25, -0.2) is 20.2 Å². The van der Waals surface area contributed by atoms with Crippen LogP contribution in [0.5, 0.6) is 0 Å². The highest BCUT2D eigenvalue weighted by atomic mass is 19.4. The van der Waals surface area contributed by atoms with Crippen molar-refractivity contribution in [1.82, 2.24) is 25.3 Å². The summed E-state index contributed by atoms with van der Waals surface area (Å²) in [5, 5.41) is 2.57. The largest absolute Gasteiger partial charge is 0.421 e. The number of carbonyl (C=O) groups is 2. The third kappa shape index (κ3) is 6.19. The summed E-state index contributed by atoms with van der Waals surface area (Å²) in [5.74, 6) is 0.219. The zero-order chi connectivity index (χ0) is 24.2. The van der Waals surface area contributed by atoms with E-state index in [1.807, 2.05) is 9.88 Å². The van der Waals surface area contributed by atoms with Crippen LogP contribution in [0.4, 0.5) is 29.6 Å². The number of carbonyl (C=O) groups excluding carboxylic acids is 2. The number of amides is 3. The van der Waals surface area contributed by atoms with Gasteiger partial charge in [-0.15, -0.1) is 0 Å². The number of aromatic nitrogens is 3. The van der Waals surface area contributed by atoms with Crippen LogP contribution in [0.15, 0.2) is 29.5 Å². The molecule has 33 heavy (non-hydrogen) atoms. The molecule has 1 fully saturated rings. The first-order chi connectivity index (χ1) is 15.5. The second-order valence-electron chi connectivity index (χ2n) is 7.27. The van der Waals surface area contributed by atoms with Gasteiger partial charge in [-0.1, -0.05) is 0 Å². The van der Waals surface area contributed by atoms with Crippen molar-refractivity contribution in [3.8, 4) is 0 Å². The minimum Gasteiger partial charge on any atom is -0.337 e. The average molecular weight is 469 g/mol. The van der Waals surface area contributed by atoms with Gasteiger partial charge in [0, 0.05) is 44.9 Å². The lowest BCUT2D eigenvalue weighted by Crippen LogP contribution is -2.52. The number of H-pyrrole nitrogens is 1. The maximum Gasteiger partial charge on any atom is 0.421 e. The van der Waals surface area contributed by atoms with Crippen LogP contribution in [0, 0.1) is 0 Å². The Bertz CT molecular complexity index is 1050. The van der Waals surface area contributed by atoms with Crippen molar-refractivity contribution in [1.29, 1.82) is 0 Å². The molecule has 2 aromatic heterocycles. The number of pyridine rings is 1. The molecule has 0 aliphatic carbocycles. The Hall–Kier alpha value is -3.68. The molecule has 1 atom stereocenters. The van der Waals surface area contributed by atoms with Gasteiger partial charge in [-0.2, -0.15) is 13.2 Å². The fourth-order valence-electron chi connectivity index (χ4n) is 3.08. The van der Waals surface area contributed by atoms with Crippen LogP contribution < -0.4 is 21.3 Å². The number of nitrogens with one attached hydrogen (secondary N) is 3. The summed E-state index contributed by atoms with van der Waals surface area (Å²) < 4.78 is 38.7. The van der Waals surface area contributed by atoms with E-state index >= 15 is 0 Å². The predicted octanol–water partition coefficient (Wildman–Crippen LogP) is 1.67. The zero-order valence-corrected chi connectivity index (χ0v) is 17.8. The molecule has 3 rings (SSSR count). The number of hydrogen-bond acceptors (Lipinski definition) is 7. The SMILES string of the molecule is CC(=O)Nc1cnc(N2CCN(C(=O)NOC(C)c3c[nH]c(=O)c(C(F)(F)F)c3)CC2)nc1. The van der Waals surface area contributed by atoms with Gasteiger partial charge in [0.2, 0.25) is 11.9 Å². The van der Waals surface area contributed by atoms with Crippen molar-refractivity contribution < 1.29 is 27.6 Å². The Morgan fingerprint density at radius 1 is 1.18 bits per heavy atom. The van der Waals surface area contributed by atoms with E-state index in [0.717, 1.165) is 6.20 Å². The lowest BCUT2D eigenvalue weighted by molar-refractivity contribution is -0.138. The van der Waals surface area contributed by atoms with E-state index in [0.29, 0.717) is 43.9 Å². The molecule has 3 heterocycles. The Morgan fingerprint density at radius 3 is 2.39 bits per heavy atom. The van der Waals surface area contributed by atoms with Crippen LogP contribution >= 0.6 is 0 Å². The number of aromatic amines is 1.